The Balaban J connectivity index is 2.34. The Kier molecular flexibility index (Phi) is 4.34. The van der Waals surface area contributed by atoms with E-state index in [0.717, 1.165) is 24.2 Å². The highest BCUT2D eigenvalue weighted by atomic mass is 16.5. The predicted octanol–water partition coefficient (Wildman–Crippen LogP) is 3.36. The van der Waals surface area contributed by atoms with Crippen molar-refractivity contribution >= 4 is 5.69 Å². The SMILES string of the molecule is COc1ccc(NC2=CCCC=C2)c(OC)c1OC. The van der Waals surface area contributed by atoms with E-state index in [1.54, 1.807) is 21.3 Å². The van der Waals surface area contributed by atoms with E-state index in [1.165, 1.54) is 0 Å². The molecule has 1 aliphatic carbocycles. The van der Waals surface area contributed by atoms with Crippen LogP contribution in [0.2, 0.25) is 0 Å². The summed E-state index contributed by atoms with van der Waals surface area (Å²) in [6, 6.07) is 3.78. The zero-order valence-electron chi connectivity index (χ0n) is 11.5. The summed E-state index contributed by atoms with van der Waals surface area (Å²) in [4.78, 5) is 0. The van der Waals surface area contributed by atoms with Crippen LogP contribution in [0, 0.1) is 0 Å². The number of allylic oxidation sites excluding steroid dienone is 3. The van der Waals surface area contributed by atoms with Crippen LogP contribution in [0.3, 0.4) is 0 Å². The fourth-order valence-electron chi connectivity index (χ4n) is 2.06. The Morgan fingerprint density at radius 3 is 2.32 bits per heavy atom. The van der Waals surface area contributed by atoms with Gasteiger partial charge in [-0.15, -0.1) is 0 Å². The van der Waals surface area contributed by atoms with Crippen molar-refractivity contribution in [2.75, 3.05) is 26.6 Å². The van der Waals surface area contributed by atoms with Crippen LogP contribution < -0.4 is 19.5 Å². The van der Waals surface area contributed by atoms with E-state index in [0.29, 0.717) is 17.2 Å². The Hall–Kier alpha value is -2.10. The third-order valence-electron chi connectivity index (χ3n) is 2.98. The second-order valence-electron chi connectivity index (χ2n) is 4.15. The summed E-state index contributed by atoms with van der Waals surface area (Å²) < 4.78 is 16.1. The summed E-state index contributed by atoms with van der Waals surface area (Å²) in [7, 11) is 4.83. The third-order valence-corrected chi connectivity index (χ3v) is 2.98. The molecule has 4 heteroatoms. The van der Waals surface area contributed by atoms with Gasteiger partial charge in [0, 0.05) is 5.70 Å². The topological polar surface area (TPSA) is 39.7 Å². The Morgan fingerprint density at radius 2 is 1.74 bits per heavy atom. The van der Waals surface area contributed by atoms with Crippen molar-refractivity contribution in [3.63, 3.8) is 0 Å². The number of ether oxygens (including phenoxy) is 3. The van der Waals surface area contributed by atoms with Gasteiger partial charge >= 0.3 is 0 Å². The van der Waals surface area contributed by atoms with Crippen molar-refractivity contribution < 1.29 is 14.2 Å². The third kappa shape index (κ3) is 2.84. The Labute approximate surface area is 113 Å². The van der Waals surface area contributed by atoms with E-state index in [1.807, 2.05) is 12.1 Å². The van der Waals surface area contributed by atoms with E-state index in [2.05, 4.69) is 23.5 Å². The van der Waals surface area contributed by atoms with Crippen molar-refractivity contribution in [2.24, 2.45) is 0 Å². The molecular formula is C15H19NO3. The fourth-order valence-corrected chi connectivity index (χ4v) is 2.06. The summed E-state index contributed by atoms with van der Waals surface area (Å²) in [6.45, 7) is 0. The van der Waals surface area contributed by atoms with Crippen LogP contribution in [-0.4, -0.2) is 21.3 Å². The average Bonchev–Trinajstić information content (AvgIpc) is 2.47. The highest BCUT2D eigenvalue weighted by molar-refractivity contribution is 5.70. The molecule has 0 atom stereocenters. The lowest BCUT2D eigenvalue weighted by molar-refractivity contribution is 0.325. The van der Waals surface area contributed by atoms with Gasteiger partial charge in [0.2, 0.25) is 5.75 Å². The van der Waals surface area contributed by atoms with Gasteiger partial charge in [0.25, 0.3) is 0 Å². The molecule has 0 aliphatic heterocycles. The van der Waals surface area contributed by atoms with Gasteiger partial charge in [0.1, 0.15) is 0 Å². The number of rotatable bonds is 5. The van der Waals surface area contributed by atoms with Gasteiger partial charge in [-0.05, 0) is 31.1 Å². The van der Waals surface area contributed by atoms with Gasteiger partial charge in [-0.25, -0.2) is 0 Å². The number of nitrogens with one attached hydrogen (secondary N) is 1. The first-order valence-corrected chi connectivity index (χ1v) is 6.22. The van der Waals surface area contributed by atoms with Crippen LogP contribution in [0.5, 0.6) is 17.2 Å². The van der Waals surface area contributed by atoms with Crippen molar-refractivity contribution in [3.8, 4) is 17.2 Å². The van der Waals surface area contributed by atoms with Crippen molar-refractivity contribution in [1.82, 2.24) is 0 Å². The van der Waals surface area contributed by atoms with Crippen molar-refractivity contribution in [3.05, 3.63) is 36.1 Å². The first-order valence-electron chi connectivity index (χ1n) is 6.22. The van der Waals surface area contributed by atoms with Gasteiger partial charge in [-0.1, -0.05) is 12.2 Å². The van der Waals surface area contributed by atoms with E-state index in [9.17, 15) is 0 Å². The number of methoxy groups -OCH3 is 3. The minimum Gasteiger partial charge on any atom is -0.493 e. The predicted molar refractivity (Wildman–Crippen MR) is 76.2 cm³/mol. The van der Waals surface area contributed by atoms with Crippen LogP contribution in [0.1, 0.15) is 12.8 Å². The van der Waals surface area contributed by atoms with E-state index >= 15 is 0 Å². The first-order chi connectivity index (χ1) is 9.30. The number of hydrogen-bond acceptors (Lipinski definition) is 4. The number of hydrogen-bond donors (Lipinski definition) is 1. The standard InChI is InChI=1S/C15H19NO3/c1-17-13-10-9-12(14(18-2)15(13)19-3)16-11-7-5-4-6-8-11/h5,7-10,16H,4,6H2,1-3H3. The Bertz CT molecular complexity index is 506. The lowest BCUT2D eigenvalue weighted by Crippen LogP contribution is -2.03. The summed E-state index contributed by atoms with van der Waals surface area (Å²) in [6.07, 6.45) is 8.52. The largest absolute Gasteiger partial charge is 0.493 e. The molecule has 1 aromatic carbocycles. The molecule has 0 radical (unpaired) electrons. The molecule has 0 unspecified atom stereocenters. The molecule has 0 bridgehead atoms. The monoisotopic (exact) mass is 261 g/mol. The van der Waals surface area contributed by atoms with Crippen LogP contribution in [0.4, 0.5) is 5.69 Å². The molecule has 0 spiro atoms. The van der Waals surface area contributed by atoms with E-state index < -0.39 is 0 Å². The molecule has 0 saturated heterocycles. The van der Waals surface area contributed by atoms with Gasteiger partial charge < -0.3 is 19.5 Å². The fraction of sp³-hybridized carbons (Fsp3) is 0.333. The summed E-state index contributed by atoms with van der Waals surface area (Å²) >= 11 is 0. The zero-order chi connectivity index (χ0) is 13.7. The maximum absolute atomic E-state index is 5.43. The second kappa shape index (κ2) is 6.18. The molecule has 0 amide bonds. The number of anilines is 1. The maximum Gasteiger partial charge on any atom is 0.205 e. The molecule has 1 aliphatic rings. The summed E-state index contributed by atoms with van der Waals surface area (Å²) in [5.41, 5.74) is 1.93. The molecule has 2 rings (SSSR count). The van der Waals surface area contributed by atoms with Gasteiger partial charge in [0.15, 0.2) is 11.5 Å². The van der Waals surface area contributed by atoms with Gasteiger partial charge in [0.05, 0.1) is 27.0 Å². The quantitative estimate of drug-likeness (QED) is 0.882. The van der Waals surface area contributed by atoms with Crippen LogP contribution >= 0.6 is 0 Å². The van der Waals surface area contributed by atoms with E-state index in [-0.39, 0.29) is 0 Å². The zero-order valence-corrected chi connectivity index (χ0v) is 11.5. The molecule has 0 aromatic heterocycles. The van der Waals surface area contributed by atoms with E-state index in [4.69, 9.17) is 14.2 Å². The average molecular weight is 261 g/mol. The highest BCUT2D eigenvalue weighted by Gasteiger charge is 2.16. The molecule has 4 nitrogen and oxygen atoms in total. The van der Waals surface area contributed by atoms with Gasteiger partial charge in [-0.3, -0.25) is 0 Å². The van der Waals surface area contributed by atoms with Gasteiger partial charge in [-0.2, -0.15) is 0 Å². The minimum absolute atomic E-state index is 0.593. The summed E-state index contributed by atoms with van der Waals surface area (Å²) in [5, 5.41) is 3.34. The number of benzene rings is 1. The maximum atomic E-state index is 5.43. The smallest absolute Gasteiger partial charge is 0.205 e. The molecule has 1 aromatic rings. The molecule has 19 heavy (non-hydrogen) atoms. The molecule has 0 heterocycles. The van der Waals surface area contributed by atoms with Crippen LogP contribution in [0.25, 0.3) is 0 Å². The lowest BCUT2D eigenvalue weighted by atomic mass is 10.1. The summed E-state index contributed by atoms with van der Waals surface area (Å²) in [5.74, 6) is 1.88. The molecule has 0 saturated carbocycles. The Morgan fingerprint density at radius 1 is 0.947 bits per heavy atom. The highest BCUT2D eigenvalue weighted by Crippen LogP contribution is 2.43. The molecular weight excluding hydrogens is 242 g/mol. The second-order valence-corrected chi connectivity index (χ2v) is 4.15. The lowest BCUT2D eigenvalue weighted by Gasteiger charge is -2.17. The normalized spacial score (nSPS) is 13.7. The molecule has 1 N–H and O–H groups in total. The minimum atomic E-state index is 0.593. The van der Waals surface area contributed by atoms with Crippen molar-refractivity contribution in [1.29, 1.82) is 0 Å². The first kappa shape index (κ1) is 13.3. The van der Waals surface area contributed by atoms with Crippen molar-refractivity contribution in [2.45, 2.75) is 12.8 Å². The molecule has 0 fully saturated rings. The van der Waals surface area contributed by atoms with Crippen LogP contribution in [0.15, 0.2) is 36.1 Å². The van der Waals surface area contributed by atoms with Crippen LogP contribution in [-0.2, 0) is 0 Å². The molecule has 102 valence electrons.